The molecule has 0 unspecified atom stereocenters. The number of hydrazone groups is 1. The number of benzene rings is 2. The van der Waals surface area contributed by atoms with Crippen molar-refractivity contribution >= 4 is 18.2 Å². The van der Waals surface area contributed by atoms with Crippen LogP contribution in [0.15, 0.2) is 59.7 Å². The Morgan fingerprint density at radius 3 is 2.22 bits per heavy atom. The third kappa shape index (κ3) is 7.57. The van der Waals surface area contributed by atoms with Crippen molar-refractivity contribution in [3.05, 3.63) is 60.2 Å². The van der Waals surface area contributed by atoms with E-state index >= 15 is 0 Å². The molecule has 1 aliphatic heterocycles. The van der Waals surface area contributed by atoms with Gasteiger partial charge in [0.05, 0.1) is 32.5 Å². The number of carboxylic acid groups (broad SMARTS) is 2. The average molecular weight is 372 g/mol. The summed E-state index contributed by atoms with van der Waals surface area (Å²) < 4.78 is 11.1. The maximum atomic E-state index is 9.10. The molecule has 0 atom stereocenters. The number of ether oxygens (including phenoxy) is 2. The second-order valence-electron chi connectivity index (χ2n) is 5.41. The molecular weight excluding hydrogens is 352 g/mol. The average Bonchev–Trinajstić information content (AvgIpc) is 2.69. The van der Waals surface area contributed by atoms with Crippen molar-refractivity contribution < 1.29 is 29.3 Å². The summed E-state index contributed by atoms with van der Waals surface area (Å²) in [6, 6.07) is 17.7. The molecule has 0 bridgehead atoms. The summed E-state index contributed by atoms with van der Waals surface area (Å²) in [5, 5.41) is 21.3. The number of nitrogens with zero attached hydrogens (tertiary/aromatic N) is 2. The summed E-state index contributed by atoms with van der Waals surface area (Å²) in [6.07, 6.45) is 1.86. The van der Waals surface area contributed by atoms with Gasteiger partial charge in [0.25, 0.3) is 0 Å². The quantitative estimate of drug-likeness (QED) is 0.626. The van der Waals surface area contributed by atoms with Crippen LogP contribution in [0, 0.1) is 0 Å². The van der Waals surface area contributed by atoms with Gasteiger partial charge in [0.2, 0.25) is 0 Å². The third-order valence-corrected chi connectivity index (χ3v) is 3.38. The minimum Gasteiger partial charge on any atom is -0.473 e. The van der Waals surface area contributed by atoms with Crippen molar-refractivity contribution in [2.75, 3.05) is 26.3 Å². The van der Waals surface area contributed by atoms with Gasteiger partial charge < -0.3 is 19.7 Å². The van der Waals surface area contributed by atoms with Gasteiger partial charge in [-0.3, -0.25) is 5.01 Å². The SMILES string of the molecule is C(=NN1CCOCC1)c1cccc(Oc2ccccc2)c1.O=C(O)C(=O)O. The standard InChI is InChI=1S/C17H18N2O2.C2H2O4/c1-2-6-16(7-3-1)21-17-8-4-5-15(13-17)14-18-19-9-11-20-12-10-19;3-1(4)2(5)6/h1-8,13-14H,9-12H2;(H,3,4)(H,5,6). The first-order chi connectivity index (χ1) is 13.0. The Kier molecular flexibility index (Phi) is 7.80. The number of para-hydroxylation sites is 1. The second-order valence-corrected chi connectivity index (χ2v) is 5.41. The summed E-state index contributed by atoms with van der Waals surface area (Å²) in [5.74, 6) is -2.00. The Balaban J connectivity index is 0.000000380. The molecule has 1 aliphatic rings. The second kappa shape index (κ2) is 10.6. The summed E-state index contributed by atoms with van der Waals surface area (Å²) in [4.78, 5) is 18.2. The molecule has 142 valence electrons. The van der Waals surface area contributed by atoms with Crippen LogP contribution in [0.5, 0.6) is 11.5 Å². The number of carbonyl (C=O) groups is 2. The van der Waals surface area contributed by atoms with Crippen LogP contribution in [-0.2, 0) is 14.3 Å². The van der Waals surface area contributed by atoms with E-state index in [2.05, 4.69) is 5.10 Å². The number of morpholine rings is 1. The lowest BCUT2D eigenvalue weighted by atomic mass is 10.2. The highest BCUT2D eigenvalue weighted by molar-refractivity contribution is 6.27. The molecule has 27 heavy (non-hydrogen) atoms. The van der Waals surface area contributed by atoms with Gasteiger partial charge in [0.15, 0.2) is 0 Å². The van der Waals surface area contributed by atoms with E-state index in [1.54, 1.807) is 0 Å². The molecule has 8 heteroatoms. The lowest BCUT2D eigenvalue weighted by Gasteiger charge is -2.23. The van der Waals surface area contributed by atoms with Crippen LogP contribution in [0.25, 0.3) is 0 Å². The summed E-state index contributed by atoms with van der Waals surface area (Å²) in [5.41, 5.74) is 1.02. The van der Waals surface area contributed by atoms with E-state index in [4.69, 9.17) is 29.3 Å². The molecule has 0 amide bonds. The van der Waals surface area contributed by atoms with Crippen LogP contribution in [0.4, 0.5) is 0 Å². The summed E-state index contributed by atoms with van der Waals surface area (Å²) in [6.45, 7) is 3.18. The fourth-order valence-electron chi connectivity index (χ4n) is 2.10. The molecule has 1 saturated heterocycles. The number of hydrogen-bond acceptors (Lipinski definition) is 6. The van der Waals surface area contributed by atoms with Crippen molar-refractivity contribution in [1.82, 2.24) is 5.01 Å². The first-order valence-corrected chi connectivity index (χ1v) is 8.20. The molecular formula is C19H20N2O6. The molecule has 0 saturated carbocycles. The molecule has 2 aromatic rings. The van der Waals surface area contributed by atoms with E-state index in [1.165, 1.54) is 0 Å². The van der Waals surface area contributed by atoms with Crippen LogP contribution in [0.3, 0.4) is 0 Å². The largest absolute Gasteiger partial charge is 0.473 e. The van der Waals surface area contributed by atoms with Crippen LogP contribution in [0.1, 0.15) is 5.56 Å². The van der Waals surface area contributed by atoms with Gasteiger partial charge in [0.1, 0.15) is 11.5 Å². The molecule has 1 heterocycles. The van der Waals surface area contributed by atoms with Gasteiger partial charge in [-0.1, -0.05) is 30.3 Å². The Bertz CT molecular complexity index is 761. The highest BCUT2D eigenvalue weighted by Gasteiger charge is 2.06. The van der Waals surface area contributed by atoms with Gasteiger partial charge in [-0.25, -0.2) is 9.59 Å². The highest BCUT2D eigenvalue weighted by Crippen LogP contribution is 2.21. The van der Waals surface area contributed by atoms with E-state index in [0.717, 1.165) is 43.4 Å². The zero-order valence-electron chi connectivity index (χ0n) is 14.5. The Morgan fingerprint density at radius 2 is 1.59 bits per heavy atom. The normalized spacial score (nSPS) is 13.6. The monoisotopic (exact) mass is 372 g/mol. The Labute approximate surface area is 156 Å². The number of hydrogen-bond donors (Lipinski definition) is 2. The summed E-state index contributed by atoms with van der Waals surface area (Å²) >= 11 is 0. The first kappa shape index (κ1) is 19.9. The van der Waals surface area contributed by atoms with Crippen molar-refractivity contribution in [1.29, 1.82) is 0 Å². The van der Waals surface area contributed by atoms with E-state index < -0.39 is 11.9 Å². The molecule has 0 spiro atoms. The first-order valence-electron chi connectivity index (χ1n) is 8.20. The van der Waals surface area contributed by atoms with Crippen molar-refractivity contribution in [3.8, 4) is 11.5 Å². The molecule has 0 aliphatic carbocycles. The van der Waals surface area contributed by atoms with Gasteiger partial charge in [0, 0.05) is 0 Å². The van der Waals surface area contributed by atoms with E-state index in [-0.39, 0.29) is 0 Å². The van der Waals surface area contributed by atoms with Crippen LogP contribution in [0.2, 0.25) is 0 Å². The lowest BCUT2D eigenvalue weighted by molar-refractivity contribution is -0.159. The number of carboxylic acids is 2. The molecule has 1 fully saturated rings. The van der Waals surface area contributed by atoms with E-state index in [9.17, 15) is 0 Å². The van der Waals surface area contributed by atoms with Gasteiger partial charge >= 0.3 is 11.9 Å². The number of rotatable bonds is 4. The van der Waals surface area contributed by atoms with Crippen LogP contribution in [-0.4, -0.2) is 59.7 Å². The van der Waals surface area contributed by atoms with E-state index in [0.29, 0.717) is 0 Å². The molecule has 0 aromatic heterocycles. The Morgan fingerprint density at radius 1 is 0.963 bits per heavy atom. The zero-order chi connectivity index (χ0) is 19.5. The van der Waals surface area contributed by atoms with Crippen LogP contribution < -0.4 is 4.74 Å². The minimum atomic E-state index is -1.82. The van der Waals surface area contributed by atoms with E-state index in [1.807, 2.05) is 65.8 Å². The molecule has 8 nitrogen and oxygen atoms in total. The Hall–Kier alpha value is -3.39. The van der Waals surface area contributed by atoms with Crippen LogP contribution >= 0.6 is 0 Å². The maximum absolute atomic E-state index is 9.10. The van der Waals surface area contributed by atoms with Gasteiger partial charge in [-0.2, -0.15) is 5.10 Å². The van der Waals surface area contributed by atoms with Gasteiger partial charge in [-0.05, 0) is 29.8 Å². The van der Waals surface area contributed by atoms with Gasteiger partial charge in [-0.15, -0.1) is 0 Å². The zero-order valence-corrected chi connectivity index (χ0v) is 14.5. The molecule has 3 rings (SSSR count). The highest BCUT2D eigenvalue weighted by atomic mass is 16.5. The number of aliphatic carboxylic acids is 2. The predicted molar refractivity (Wildman–Crippen MR) is 98.2 cm³/mol. The fourth-order valence-corrected chi connectivity index (χ4v) is 2.10. The molecule has 2 aromatic carbocycles. The van der Waals surface area contributed by atoms with Crippen molar-refractivity contribution in [2.24, 2.45) is 5.10 Å². The molecule has 0 radical (unpaired) electrons. The minimum absolute atomic E-state index is 0.745. The fraction of sp³-hybridized carbons (Fsp3) is 0.211. The molecule has 2 N–H and O–H groups in total. The predicted octanol–water partition coefficient (Wildman–Crippen LogP) is 2.30. The summed E-state index contributed by atoms with van der Waals surface area (Å²) in [7, 11) is 0. The maximum Gasteiger partial charge on any atom is 0.414 e. The lowest BCUT2D eigenvalue weighted by Crippen LogP contribution is -2.32. The van der Waals surface area contributed by atoms with Crippen molar-refractivity contribution in [3.63, 3.8) is 0 Å². The van der Waals surface area contributed by atoms with Crippen molar-refractivity contribution in [2.45, 2.75) is 0 Å². The third-order valence-electron chi connectivity index (χ3n) is 3.38. The smallest absolute Gasteiger partial charge is 0.414 e. The topological polar surface area (TPSA) is 109 Å².